The van der Waals surface area contributed by atoms with E-state index in [2.05, 4.69) is 19.2 Å². The number of hydrogen-bond donors (Lipinski definition) is 2. The van der Waals surface area contributed by atoms with Crippen LogP contribution in [-0.4, -0.2) is 45.1 Å². The Bertz CT molecular complexity index is 132. The van der Waals surface area contributed by atoms with Gasteiger partial charge >= 0.3 is 0 Å². The van der Waals surface area contributed by atoms with Crippen LogP contribution in [0.25, 0.3) is 0 Å². The van der Waals surface area contributed by atoms with E-state index in [9.17, 15) is 0 Å². The zero-order valence-electron chi connectivity index (χ0n) is 10.3. The highest BCUT2D eigenvalue weighted by molar-refractivity contribution is 4.55. The topological polar surface area (TPSA) is 56.5 Å². The summed E-state index contributed by atoms with van der Waals surface area (Å²) in [5.74, 6) is 0. The maximum absolute atomic E-state index is 5.43. The van der Waals surface area contributed by atoms with Gasteiger partial charge in [-0.15, -0.1) is 0 Å². The fourth-order valence-electron chi connectivity index (χ4n) is 1.15. The minimum atomic E-state index is 0.236. The first-order valence-electron chi connectivity index (χ1n) is 5.80. The molecule has 0 heterocycles. The summed E-state index contributed by atoms with van der Waals surface area (Å²) in [5, 5.41) is 3.32. The Morgan fingerprint density at radius 2 is 1.87 bits per heavy atom. The van der Waals surface area contributed by atoms with Crippen LogP contribution in [0.2, 0.25) is 0 Å². The van der Waals surface area contributed by atoms with E-state index in [1.54, 1.807) is 0 Å². The van der Waals surface area contributed by atoms with E-state index in [0.29, 0.717) is 19.3 Å². The molecule has 0 aliphatic heterocycles. The Morgan fingerprint density at radius 1 is 1.13 bits per heavy atom. The first kappa shape index (κ1) is 14.8. The van der Waals surface area contributed by atoms with E-state index in [0.717, 1.165) is 26.1 Å². The molecule has 0 spiro atoms. The van der Waals surface area contributed by atoms with Crippen molar-refractivity contribution in [2.45, 2.75) is 39.4 Å². The number of nitrogens with two attached hydrogens (primary N) is 1. The zero-order chi connectivity index (χ0) is 11.5. The summed E-state index contributed by atoms with van der Waals surface area (Å²) >= 11 is 0. The summed E-state index contributed by atoms with van der Waals surface area (Å²) < 4.78 is 10.8. The van der Waals surface area contributed by atoms with Crippen molar-refractivity contribution >= 4 is 0 Å². The van der Waals surface area contributed by atoms with Gasteiger partial charge in [-0.25, -0.2) is 0 Å². The minimum absolute atomic E-state index is 0.236. The molecular weight excluding hydrogens is 192 g/mol. The molecule has 0 aromatic rings. The Kier molecular flexibility index (Phi) is 10.3. The lowest BCUT2D eigenvalue weighted by molar-refractivity contribution is 0.0661. The molecule has 1 atom stereocenters. The van der Waals surface area contributed by atoms with E-state index in [4.69, 9.17) is 15.2 Å². The third kappa shape index (κ3) is 11.8. The molecule has 1 unspecified atom stereocenters. The summed E-state index contributed by atoms with van der Waals surface area (Å²) in [4.78, 5) is 0. The standard InChI is InChI=1S/C11H26N2O2/c1-10(2)14-7-4-6-13-9-11(3)15-8-5-12/h10-11,13H,4-9,12H2,1-3H3. The van der Waals surface area contributed by atoms with E-state index >= 15 is 0 Å². The van der Waals surface area contributed by atoms with Gasteiger partial charge in [0.15, 0.2) is 0 Å². The molecule has 0 radical (unpaired) electrons. The minimum Gasteiger partial charge on any atom is -0.379 e. The average Bonchev–Trinajstić information content (AvgIpc) is 2.19. The summed E-state index contributed by atoms with van der Waals surface area (Å²) in [6.07, 6.45) is 1.61. The molecule has 0 fully saturated rings. The normalized spacial score (nSPS) is 13.4. The van der Waals surface area contributed by atoms with Gasteiger partial charge in [0.2, 0.25) is 0 Å². The third-order valence-corrected chi connectivity index (χ3v) is 1.90. The predicted octanol–water partition coefficient (Wildman–Crippen LogP) is 0.755. The lowest BCUT2D eigenvalue weighted by atomic mass is 10.3. The van der Waals surface area contributed by atoms with Gasteiger partial charge in [0, 0.05) is 19.7 Å². The highest BCUT2D eigenvalue weighted by Gasteiger charge is 2.00. The van der Waals surface area contributed by atoms with Gasteiger partial charge in [0.25, 0.3) is 0 Å². The van der Waals surface area contributed by atoms with Crippen LogP contribution in [-0.2, 0) is 9.47 Å². The molecule has 0 aliphatic rings. The van der Waals surface area contributed by atoms with E-state index in [1.807, 2.05) is 6.92 Å². The van der Waals surface area contributed by atoms with Crippen LogP contribution in [0.5, 0.6) is 0 Å². The SMILES string of the molecule is CC(C)OCCCNCC(C)OCCN. The van der Waals surface area contributed by atoms with E-state index < -0.39 is 0 Å². The quantitative estimate of drug-likeness (QED) is 0.531. The van der Waals surface area contributed by atoms with Crippen molar-refractivity contribution in [3.05, 3.63) is 0 Å². The molecule has 4 heteroatoms. The van der Waals surface area contributed by atoms with Crippen LogP contribution in [0.3, 0.4) is 0 Å². The molecule has 0 saturated heterocycles. The molecule has 0 rings (SSSR count). The lowest BCUT2D eigenvalue weighted by Crippen LogP contribution is -2.29. The third-order valence-electron chi connectivity index (χ3n) is 1.90. The summed E-state index contributed by atoms with van der Waals surface area (Å²) in [6.45, 7) is 10.1. The highest BCUT2D eigenvalue weighted by Crippen LogP contribution is 1.90. The van der Waals surface area contributed by atoms with Crippen molar-refractivity contribution in [3.8, 4) is 0 Å². The first-order chi connectivity index (χ1) is 7.16. The van der Waals surface area contributed by atoms with E-state index in [-0.39, 0.29) is 6.10 Å². The summed E-state index contributed by atoms with van der Waals surface area (Å²) in [6, 6.07) is 0. The van der Waals surface area contributed by atoms with Gasteiger partial charge in [-0.05, 0) is 33.7 Å². The van der Waals surface area contributed by atoms with Crippen molar-refractivity contribution in [1.82, 2.24) is 5.32 Å². The predicted molar refractivity (Wildman–Crippen MR) is 63.0 cm³/mol. The van der Waals surface area contributed by atoms with Gasteiger partial charge in [-0.3, -0.25) is 0 Å². The molecule has 0 saturated carbocycles. The molecular formula is C11H26N2O2. The largest absolute Gasteiger partial charge is 0.379 e. The molecule has 0 aliphatic carbocycles. The fraction of sp³-hybridized carbons (Fsp3) is 1.00. The second-order valence-electron chi connectivity index (χ2n) is 3.95. The second kappa shape index (κ2) is 10.4. The second-order valence-corrected chi connectivity index (χ2v) is 3.95. The molecule has 0 amide bonds. The van der Waals surface area contributed by atoms with Crippen LogP contribution in [0.15, 0.2) is 0 Å². The fourth-order valence-corrected chi connectivity index (χ4v) is 1.15. The maximum Gasteiger partial charge on any atom is 0.0672 e. The summed E-state index contributed by atoms with van der Waals surface area (Å²) in [7, 11) is 0. The number of hydrogen-bond acceptors (Lipinski definition) is 4. The van der Waals surface area contributed by atoms with Gasteiger partial charge < -0.3 is 20.5 Å². The van der Waals surface area contributed by atoms with Crippen LogP contribution >= 0.6 is 0 Å². The molecule has 92 valence electrons. The van der Waals surface area contributed by atoms with Crippen molar-refractivity contribution in [1.29, 1.82) is 0 Å². The van der Waals surface area contributed by atoms with Crippen LogP contribution in [0, 0.1) is 0 Å². The van der Waals surface area contributed by atoms with Crippen molar-refractivity contribution in [2.24, 2.45) is 5.73 Å². The molecule has 0 bridgehead atoms. The van der Waals surface area contributed by atoms with Crippen LogP contribution in [0.1, 0.15) is 27.2 Å². The monoisotopic (exact) mass is 218 g/mol. The Balaban J connectivity index is 3.09. The number of ether oxygens (including phenoxy) is 2. The van der Waals surface area contributed by atoms with E-state index in [1.165, 1.54) is 0 Å². The molecule has 3 N–H and O–H groups in total. The van der Waals surface area contributed by atoms with Crippen molar-refractivity contribution in [2.75, 3.05) is 32.8 Å². The van der Waals surface area contributed by atoms with Crippen molar-refractivity contribution < 1.29 is 9.47 Å². The Hall–Kier alpha value is -0.160. The molecule has 15 heavy (non-hydrogen) atoms. The Labute approximate surface area is 93.5 Å². The molecule has 0 aromatic carbocycles. The van der Waals surface area contributed by atoms with Gasteiger partial charge in [0.05, 0.1) is 18.8 Å². The summed E-state index contributed by atoms with van der Waals surface area (Å²) in [5.41, 5.74) is 5.34. The number of rotatable bonds is 10. The van der Waals surface area contributed by atoms with Crippen molar-refractivity contribution in [3.63, 3.8) is 0 Å². The average molecular weight is 218 g/mol. The van der Waals surface area contributed by atoms with Gasteiger partial charge in [0.1, 0.15) is 0 Å². The highest BCUT2D eigenvalue weighted by atomic mass is 16.5. The number of nitrogens with one attached hydrogen (secondary N) is 1. The van der Waals surface area contributed by atoms with Gasteiger partial charge in [-0.1, -0.05) is 0 Å². The first-order valence-corrected chi connectivity index (χ1v) is 5.80. The maximum atomic E-state index is 5.43. The smallest absolute Gasteiger partial charge is 0.0672 e. The zero-order valence-corrected chi connectivity index (χ0v) is 10.3. The van der Waals surface area contributed by atoms with Crippen LogP contribution < -0.4 is 11.1 Å². The molecule has 4 nitrogen and oxygen atoms in total. The van der Waals surface area contributed by atoms with Crippen LogP contribution in [0.4, 0.5) is 0 Å². The molecule has 0 aromatic heterocycles. The lowest BCUT2D eigenvalue weighted by Gasteiger charge is -2.13. The van der Waals surface area contributed by atoms with Gasteiger partial charge in [-0.2, -0.15) is 0 Å². The Morgan fingerprint density at radius 3 is 2.47 bits per heavy atom.